The lowest BCUT2D eigenvalue weighted by molar-refractivity contribution is -0.140. The number of fused-ring (bicyclic) bond motifs is 2. The number of nitrogens with zero attached hydrogens (tertiary/aromatic N) is 2. The first-order valence-corrected chi connectivity index (χ1v) is 21.4. The van der Waals surface area contributed by atoms with Crippen molar-refractivity contribution >= 4 is 69.0 Å². The lowest BCUT2D eigenvalue weighted by Crippen LogP contribution is -2.66. The van der Waals surface area contributed by atoms with Crippen LogP contribution in [-0.2, 0) is 52.8 Å². The van der Waals surface area contributed by atoms with Gasteiger partial charge in [0.15, 0.2) is 5.96 Å². The molecule has 0 bridgehead atoms. The summed E-state index contributed by atoms with van der Waals surface area (Å²) in [6.07, 6.45) is 4.95. The van der Waals surface area contributed by atoms with Crippen LogP contribution in [0.5, 0.6) is 0 Å². The van der Waals surface area contributed by atoms with Gasteiger partial charge in [-0.1, -0.05) is 60.7 Å². The van der Waals surface area contributed by atoms with E-state index in [4.69, 9.17) is 17.2 Å². The highest BCUT2D eigenvalue weighted by molar-refractivity contribution is 6.00. The molecule has 5 atom stereocenters. The molecule has 2 fully saturated rings. The fourth-order valence-electron chi connectivity index (χ4n) is 8.19. The van der Waals surface area contributed by atoms with Crippen LogP contribution in [0.1, 0.15) is 55.3 Å². The van der Waals surface area contributed by atoms with Crippen molar-refractivity contribution in [3.05, 3.63) is 102 Å². The topological polar surface area (TPSA) is 327 Å². The molecule has 2 aromatic heterocycles. The number of primary amides is 1. The van der Waals surface area contributed by atoms with Gasteiger partial charge in [0, 0.05) is 54.8 Å². The molecule has 1 spiro atoms. The Balaban J connectivity index is 1.27. The molecule has 3 aromatic carbocycles. The van der Waals surface area contributed by atoms with E-state index in [-0.39, 0.29) is 57.5 Å². The minimum Gasteiger partial charge on any atom is -0.370 e. The molecule has 1 aliphatic carbocycles. The Morgan fingerprint density at radius 1 is 0.723 bits per heavy atom. The van der Waals surface area contributed by atoms with Gasteiger partial charge in [0.05, 0.1) is 12.7 Å². The molecule has 7 amide bonds. The van der Waals surface area contributed by atoms with Gasteiger partial charge in [-0.15, -0.1) is 0 Å². The largest absolute Gasteiger partial charge is 0.370 e. The van der Waals surface area contributed by atoms with Gasteiger partial charge in [0.2, 0.25) is 41.4 Å². The van der Waals surface area contributed by atoms with E-state index in [0.29, 0.717) is 23.2 Å². The number of aromatic amines is 2. The van der Waals surface area contributed by atoms with E-state index >= 15 is 0 Å². The van der Waals surface area contributed by atoms with Crippen molar-refractivity contribution < 1.29 is 33.6 Å². The zero-order valence-corrected chi connectivity index (χ0v) is 35.5. The van der Waals surface area contributed by atoms with Gasteiger partial charge in [-0.2, -0.15) is 0 Å². The molecule has 20 nitrogen and oxygen atoms in total. The Morgan fingerprint density at radius 2 is 1.38 bits per heavy atom. The summed E-state index contributed by atoms with van der Waals surface area (Å²) in [4.78, 5) is 113. The molecule has 3 heterocycles. The zero-order chi connectivity index (χ0) is 46.1. The van der Waals surface area contributed by atoms with E-state index in [9.17, 15) is 33.6 Å². The Kier molecular flexibility index (Phi) is 14.0. The van der Waals surface area contributed by atoms with E-state index in [1.165, 1.54) is 12.5 Å². The average molecular weight is 888 g/mol. The van der Waals surface area contributed by atoms with Gasteiger partial charge in [-0.3, -0.25) is 38.6 Å². The summed E-state index contributed by atoms with van der Waals surface area (Å²) >= 11 is 0. The third kappa shape index (κ3) is 11.3. The number of nitrogens with one attached hydrogen (secondary N) is 8. The molecule has 1 saturated carbocycles. The summed E-state index contributed by atoms with van der Waals surface area (Å²) in [6.45, 7) is 0.0946. The van der Waals surface area contributed by atoms with E-state index in [2.05, 4.69) is 51.8 Å². The molecule has 65 heavy (non-hydrogen) atoms. The third-order valence-electron chi connectivity index (χ3n) is 11.9. The van der Waals surface area contributed by atoms with Crippen LogP contribution >= 0.6 is 0 Å². The van der Waals surface area contributed by atoms with Crippen molar-refractivity contribution in [2.45, 2.75) is 93.5 Å². The lowest BCUT2D eigenvalue weighted by atomic mass is 9.75. The van der Waals surface area contributed by atoms with Crippen molar-refractivity contribution in [1.29, 1.82) is 0 Å². The predicted molar refractivity (Wildman–Crippen MR) is 240 cm³/mol. The second-order valence-corrected chi connectivity index (χ2v) is 16.5. The second kappa shape index (κ2) is 20.2. The van der Waals surface area contributed by atoms with Crippen molar-refractivity contribution in [2.24, 2.45) is 22.2 Å². The summed E-state index contributed by atoms with van der Waals surface area (Å²) < 4.78 is 0. The van der Waals surface area contributed by atoms with Gasteiger partial charge in [0.25, 0.3) is 0 Å². The number of carbonyl (C=O) groups is 7. The van der Waals surface area contributed by atoms with E-state index < -0.39 is 83.5 Å². The molecular formula is C45H53N13O7. The first kappa shape index (κ1) is 45.3. The van der Waals surface area contributed by atoms with Crippen LogP contribution in [0.3, 0.4) is 0 Å². The average Bonchev–Trinajstić information content (AvgIpc) is 3.94. The number of nitrogens with two attached hydrogens (primary N) is 3. The Morgan fingerprint density at radius 3 is 2.08 bits per heavy atom. The number of hydrogen-bond donors (Lipinski definition) is 11. The maximum atomic E-state index is 14.7. The number of H-pyrrole nitrogens is 2. The number of hydrogen-bond acceptors (Lipinski definition) is 9. The third-order valence-corrected chi connectivity index (χ3v) is 11.9. The van der Waals surface area contributed by atoms with Crippen molar-refractivity contribution in [1.82, 2.24) is 46.9 Å². The van der Waals surface area contributed by atoms with Crippen LogP contribution in [0.2, 0.25) is 0 Å². The van der Waals surface area contributed by atoms with Crippen LogP contribution in [0, 0.1) is 0 Å². The standard InChI is InChI=1S/C45H53N13O7/c46-38(60)33-21-37(59)58-45(14-6-15-45)43(65)57-36(20-29-23-49-24-52-29)42(64)55-34(18-25-12-13-26-7-1-2-8-27(26)17-25)40(62)53-32(11-5-16-50-44(47)48)39(61)56-35(41(63)54-33)19-28-22-51-31-10-4-3-9-30(28)31/h1-4,7-10,12-13,17,22-24,32-36,51H,5-6,11,14-16,18-21H2,(H2,46,60)(H,49,52)(H,53,62)(H,54,63)(H,55,64)(H,56,61)(H,57,65)(H,58,59)(H4,47,48,50)/t32-,33-,34+,35-,36-/m0/s1. The molecule has 0 radical (unpaired) electrons. The molecule has 2 aliphatic rings. The maximum absolute atomic E-state index is 14.7. The number of aromatic nitrogens is 3. The fraction of sp³-hybridized carbons (Fsp3) is 0.356. The zero-order valence-electron chi connectivity index (χ0n) is 35.5. The summed E-state index contributed by atoms with van der Waals surface area (Å²) in [7, 11) is 0. The molecule has 7 rings (SSSR count). The Hall–Kier alpha value is -7.77. The number of aliphatic imine (C=N–C) groups is 1. The van der Waals surface area contributed by atoms with Crippen LogP contribution < -0.4 is 49.1 Å². The van der Waals surface area contributed by atoms with Crippen LogP contribution in [-0.4, -0.2) is 105 Å². The SMILES string of the molecule is NC(=O)[C@@H]1CC(=O)NC2(CCC2)C(=O)N[C@@H](Cc2cnc[nH]2)C(=O)N[C@H](Cc2ccc3ccccc3c2)C(=O)N[C@@H](CCCN=C(N)N)C(=O)N[C@@H](Cc2c[nH]c3ccccc23)C(=O)N1. The van der Waals surface area contributed by atoms with Crippen LogP contribution in [0.15, 0.2) is 90.4 Å². The number of carbonyl (C=O) groups excluding carboxylic acids is 7. The first-order chi connectivity index (χ1) is 31.3. The highest BCUT2D eigenvalue weighted by Crippen LogP contribution is 2.32. The molecule has 1 saturated heterocycles. The van der Waals surface area contributed by atoms with E-state index in [1.807, 2.05) is 66.7 Å². The van der Waals surface area contributed by atoms with Gasteiger partial charge in [0.1, 0.15) is 35.7 Å². The van der Waals surface area contributed by atoms with Gasteiger partial charge in [-0.05, 0) is 60.1 Å². The highest BCUT2D eigenvalue weighted by atomic mass is 16.2. The molecule has 20 heteroatoms. The normalized spacial score (nSPS) is 22.2. The summed E-state index contributed by atoms with van der Waals surface area (Å²) in [6, 6.07) is 13.7. The van der Waals surface area contributed by atoms with E-state index in [1.54, 1.807) is 6.20 Å². The quantitative estimate of drug-likeness (QED) is 0.0458. The summed E-state index contributed by atoms with van der Waals surface area (Å²) in [5.74, 6) is -5.74. The second-order valence-electron chi connectivity index (χ2n) is 16.5. The number of benzene rings is 3. The van der Waals surface area contributed by atoms with Gasteiger partial charge < -0.3 is 59.1 Å². The maximum Gasteiger partial charge on any atom is 0.246 e. The Bertz CT molecular complexity index is 2600. The summed E-state index contributed by atoms with van der Waals surface area (Å²) in [5, 5.41) is 19.1. The molecular weight excluding hydrogens is 835 g/mol. The van der Waals surface area contributed by atoms with Crippen molar-refractivity contribution in [3.63, 3.8) is 0 Å². The smallest absolute Gasteiger partial charge is 0.246 e. The number of para-hydroxylation sites is 1. The molecule has 14 N–H and O–H groups in total. The predicted octanol–water partition coefficient (Wildman–Crippen LogP) is -0.522. The van der Waals surface area contributed by atoms with Gasteiger partial charge >= 0.3 is 0 Å². The molecule has 5 aromatic rings. The van der Waals surface area contributed by atoms with Gasteiger partial charge in [-0.25, -0.2) is 4.98 Å². The molecule has 0 unspecified atom stereocenters. The number of guanidine groups is 1. The first-order valence-electron chi connectivity index (χ1n) is 21.4. The van der Waals surface area contributed by atoms with Crippen molar-refractivity contribution in [3.8, 4) is 0 Å². The summed E-state index contributed by atoms with van der Waals surface area (Å²) in [5.41, 5.74) is 18.0. The monoisotopic (exact) mass is 887 g/mol. The fourth-order valence-corrected chi connectivity index (χ4v) is 8.19. The lowest BCUT2D eigenvalue weighted by Gasteiger charge is -2.41. The molecule has 340 valence electrons. The number of amides is 7. The highest BCUT2D eigenvalue weighted by Gasteiger charge is 2.47. The van der Waals surface area contributed by atoms with Crippen LogP contribution in [0.25, 0.3) is 21.7 Å². The Labute approximate surface area is 373 Å². The van der Waals surface area contributed by atoms with E-state index in [0.717, 1.165) is 21.7 Å². The van der Waals surface area contributed by atoms with Crippen molar-refractivity contribution in [2.75, 3.05) is 6.54 Å². The molecule has 1 aliphatic heterocycles. The van der Waals surface area contributed by atoms with Crippen LogP contribution in [0.4, 0.5) is 0 Å². The number of imidazole rings is 1. The number of rotatable bonds is 11. The minimum atomic E-state index is -1.56. The minimum absolute atomic E-state index is 0.0168.